The van der Waals surface area contributed by atoms with Gasteiger partial charge >= 0.3 is 0 Å². The Morgan fingerprint density at radius 3 is 2.64 bits per heavy atom. The molecule has 0 aromatic heterocycles. The number of ether oxygens (including phenoxy) is 1. The van der Waals surface area contributed by atoms with Crippen molar-refractivity contribution in [3.05, 3.63) is 0 Å². The van der Waals surface area contributed by atoms with E-state index in [9.17, 15) is 5.11 Å². The molecule has 1 saturated heterocycles. The van der Waals surface area contributed by atoms with Crippen molar-refractivity contribution >= 4 is 0 Å². The second-order valence-corrected chi connectivity index (χ2v) is 4.31. The van der Waals surface area contributed by atoms with Crippen molar-refractivity contribution in [2.24, 2.45) is 17.8 Å². The fourth-order valence-corrected chi connectivity index (χ4v) is 3.26. The fourth-order valence-electron chi connectivity index (χ4n) is 3.26. The van der Waals surface area contributed by atoms with Crippen LogP contribution in [0.5, 0.6) is 0 Å². The minimum Gasteiger partial charge on any atom is -0.368 e. The van der Waals surface area contributed by atoms with E-state index >= 15 is 0 Å². The van der Waals surface area contributed by atoms with Gasteiger partial charge in [-0.2, -0.15) is 0 Å². The predicted octanol–water partition coefficient (Wildman–Crippen LogP) is 1.14. The van der Waals surface area contributed by atoms with Crippen LogP contribution in [0.3, 0.4) is 0 Å². The summed E-state index contributed by atoms with van der Waals surface area (Å²) in [5.41, 5.74) is 0. The SMILES string of the molecule is OC1OC2CC3CC[C@H]2C1C3. The van der Waals surface area contributed by atoms with Crippen molar-refractivity contribution in [3.8, 4) is 0 Å². The summed E-state index contributed by atoms with van der Waals surface area (Å²) in [7, 11) is 0. The lowest BCUT2D eigenvalue weighted by Gasteiger charge is -2.39. The third-order valence-corrected chi connectivity index (χ3v) is 3.79. The molecular weight excluding hydrogens is 140 g/mol. The number of aliphatic hydroxyl groups is 1. The molecule has 1 aliphatic heterocycles. The molecule has 2 heteroatoms. The molecule has 0 spiro atoms. The smallest absolute Gasteiger partial charge is 0.158 e. The summed E-state index contributed by atoms with van der Waals surface area (Å²) < 4.78 is 5.47. The van der Waals surface area contributed by atoms with Gasteiger partial charge in [0.2, 0.25) is 0 Å². The molecule has 3 saturated carbocycles. The lowest BCUT2D eigenvalue weighted by molar-refractivity contribution is -0.102. The zero-order chi connectivity index (χ0) is 7.42. The molecule has 62 valence electrons. The Hall–Kier alpha value is -0.0800. The van der Waals surface area contributed by atoms with E-state index in [1.807, 2.05) is 0 Å². The number of hydrogen-bond acceptors (Lipinski definition) is 2. The second-order valence-electron chi connectivity index (χ2n) is 4.31. The molecule has 1 N–H and O–H groups in total. The van der Waals surface area contributed by atoms with Crippen LogP contribution in [0.1, 0.15) is 25.7 Å². The number of aliphatic hydroxyl groups excluding tert-OH is 1. The maximum Gasteiger partial charge on any atom is 0.158 e. The van der Waals surface area contributed by atoms with Crippen molar-refractivity contribution in [2.45, 2.75) is 38.1 Å². The lowest BCUT2D eigenvalue weighted by Crippen LogP contribution is -2.36. The van der Waals surface area contributed by atoms with Crippen LogP contribution in [-0.2, 0) is 4.74 Å². The Morgan fingerprint density at radius 1 is 1.09 bits per heavy atom. The van der Waals surface area contributed by atoms with Gasteiger partial charge in [-0.05, 0) is 37.5 Å². The number of rotatable bonds is 0. The van der Waals surface area contributed by atoms with Gasteiger partial charge in [0.1, 0.15) is 0 Å². The highest BCUT2D eigenvalue weighted by Gasteiger charge is 2.51. The first-order chi connectivity index (χ1) is 5.34. The third kappa shape index (κ3) is 0.744. The Labute approximate surface area is 66.5 Å². The van der Waals surface area contributed by atoms with Crippen molar-refractivity contribution in [3.63, 3.8) is 0 Å². The van der Waals surface area contributed by atoms with Crippen molar-refractivity contribution in [2.75, 3.05) is 0 Å². The van der Waals surface area contributed by atoms with E-state index in [1.165, 1.54) is 25.7 Å². The van der Waals surface area contributed by atoms with Gasteiger partial charge in [-0.15, -0.1) is 0 Å². The van der Waals surface area contributed by atoms with Crippen LogP contribution in [0.25, 0.3) is 0 Å². The molecule has 4 rings (SSSR count). The maximum absolute atomic E-state index is 9.50. The Kier molecular flexibility index (Phi) is 1.16. The van der Waals surface area contributed by atoms with Gasteiger partial charge in [-0.3, -0.25) is 0 Å². The zero-order valence-electron chi connectivity index (χ0n) is 6.57. The van der Waals surface area contributed by atoms with Gasteiger partial charge in [0, 0.05) is 5.92 Å². The fraction of sp³-hybridized carbons (Fsp3) is 1.00. The molecule has 0 aromatic carbocycles. The maximum atomic E-state index is 9.50. The topological polar surface area (TPSA) is 29.5 Å². The van der Waals surface area contributed by atoms with E-state index in [1.54, 1.807) is 0 Å². The molecule has 0 aromatic rings. The van der Waals surface area contributed by atoms with Gasteiger partial charge < -0.3 is 9.84 Å². The summed E-state index contributed by atoms with van der Waals surface area (Å²) in [6.45, 7) is 0. The number of hydrogen-bond donors (Lipinski definition) is 1. The summed E-state index contributed by atoms with van der Waals surface area (Å²) in [6.07, 6.45) is 5.13. The Balaban J connectivity index is 1.93. The minimum atomic E-state index is -0.421. The normalized spacial score (nSPS) is 60.3. The summed E-state index contributed by atoms with van der Waals surface area (Å²) >= 11 is 0. The third-order valence-electron chi connectivity index (χ3n) is 3.79. The van der Waals surface area contributed by atoms with Crippen molar-refractivity contribution in [1.29, 1.82) is 0 Å². The van der Waals surface area contributed by atoms with Crippen LogP contribution in [0, 0.1) is 17.8 Å². The predicted molar refractivity (Wildman–Crippen MR) is 39.8 cm³/mol. The lowest BCUT2D eigenvalue weighted by atomic mass is 9.65. The molecule has 3 aliphatic carbocycles. The van der Waals surface area contributed by atoms with Crippen LogP contribution < -0.4 is 0 Å². The average molecular weight is 154 g/mol. The summed E-state index contributed by atoms with van der Waals surface area (Å²) in [6, 6.07) is 0. The van der Waals surface area contributed by atoms with E-state index < -0.39 is 6.29 Å². The molecule has 1 heterocycles. The molecule has 0 amide bonds. The molecule has 4 unspecified atom stereocenters. The summed E-state index contributed by atoms with van der Waals surface area (Å²) in [4.78, 5) is 0. The molecule has 4 fully saturated rings. The molecule has 4 aliphatic rings. The van der Waals surface area contributed by atoms with Crippen molar-refractivity contribution < 1.29 is 9.84 Å². The first kappa shape index (κ1) is 6.44. The molecule has 0 radical (unpaired) electrons. The van der Waals surface area contributed by atoms with Gasteiger partial charge in [0.05, 0.1) is 6.10 Å². The standard InChI is InChI=1S/C9H14O2/c10-9-7-3-5-1-2-6(7)8(4-5)11-9/h5-10H,1-4H2/t5?,6-,7?,8?,9?/m0/s1. The first-order valence-corrected chi connectivity index (χ1v) is 4.68. The Bertz CT molecular complexity index is 176. The highest BCUT2D eigenvalue weighted by Crippen LogP contribution is 2.52. The highest BCUT2D eigenvalue weighted by atomic mass is 16.6. The quantitative estimate of drug-likeness (QED) is 0.567. The molecule has 2 nitrogen and oxygen atoms in total. The van der Waals surface area contributed by atoms with Crippen LogP contribution >= 0.6 is 0 Å². The summed E-state index contributed by atoms with van der Waals surface area (Å²) in [5, 5.41) is 9.50. The van der Waals surface area contributed by atoms with Crippen LogP contribution in [0.15, 0.2) is 0 Å². The van der Waals surface area contributed by atoms with Crippen LogP contribution in [0.4, 0.5) is 0 Å². The monoisotopic (exact) mass is 154 g/mol. The van der Waals surface area contributed by atoms with Crippen LogP contribution in [-0.4, -0.2) is 17.5 Å². The van der Waals surface area contributed by atoms with Crippen molar-refractivity contribution in [1.82, 2.24) is 0 Å². The average Bonchev–Trinajstić information content (AvgIpc) is 2.25. The molecular formula is C9H14O2. The highest BCUT2D eigenvalue weighted by molar-refractivity contribution is 4.97. The summed E-state index contributed by atoms with van der Waals surface area (Å²) in [5.74, 6) is 2.06. The zero-order valence-corrected chi connectivity index (χ0v) is 6.57. The van der Waals surface area contributed by atoms with E-state index in [0.29, 0.717) is 17.9 Å². The van der Waals surface area contributed by atoms with Gasteiger partial charge in [-0.25, -0.2) is 0 Å². The van der Waals surface area contributed by atoms with E-state index in [2.05, 4.69) is 0 Å². The van der Waals surface area contributed by atoms with Gasteiger partial charge in [0.15, 0.2) is 6.29 Å². The van der Waals surface area contributed by atoms with Crippen LogP contribution in [0.2, 0.25) is 0 Å². The molecule has 4 bridgehead atoms. The molecule has 5 atom stereocenters. The van der Waals surface area contributed by atoms with Gasteiger partial charge in [0.25, 0.3) is 0 Å². The second kappa shape index (κ2) is 1.99. The van der Waals surface area contributed by atoms with E-state index in [4.69, 9.17) is 4.74 Å². The van der Waals surface area contributed by atoms with E-state index in [0.717, 1.165) is 5.92 Å². The largest absolute Gasteiger partial charge is 0.368 e. The van der Waals surface area contributed by atoms with E-state index in [-0.39, 0.29) is 0 Å². The minimum absolute atomic E-state index is 0.419. The Morgan fingerprint density at radius 2 is 2.00 bits per heavy atom. The molecule has 11 heavy (non-hydrogen) atoms. The van der Waals surface area contributed by atoms with Gasteiger partial charge in [-0.1, -0.05) is 0 Å². The number of fused-ring (bicyclic) bond motifs is 1. The first-order valence-electron chi connectivity index (χ1n) is 4.68.